The van der Waals surface area contributed by atoms with E-state index in [4.69, 9.17) is 4.74 Å². The van der Waals surface area contributed by atoms with Gasteiger partial charge in [0.1, 0.15) is 17.9 Å². The minimum Gasteiger partial charge on any atom is -0.461 e. The molecule has 0 spiro atoms. The molecule has 3 heterocycles. The maximum Gasteiger partial charge on any atom is 0.573 e. The zero-order chi connectivity index (χ0) is 25.1. The molecule has 5 rings (SSSR count). The quantitative estimate of drug-likeness (QED) is 0.364. The van der Waals surface area contributed by atoms with Crippen LogP contribution in [-0.4, -0.2) is 48.1 Å². The van der Waals surface area contributed by atoms with E-state index in [1.165, 1.54) is 24.3 Å². The molecule has 5 aromatic rings. The predicted molar refractivity (Wildman–Crippen MR) is 121 cm³/mol. The zero-order valence-corrected chi connectivity index (χ0v) is 18.3. The number of aromatic nitrogens is 7. The smallest absolute Gasteiger partial charge is 0.461 e. The number of rotatable bonds is 7. The average molecular weight is 495 g/mol. The molecule has 2 aromatic carbocycles. The number of fused-ring (bicyclic) bond motifs is 1. The van der Waals surface area contributed by atoms with Gasteiger partial charge in [-0.25, -0.2) is 14.6 Å². The number of H-pyrrole nitrogens is 1. The number of halogens is 3. The summed E-state index contributed by atoms with van der Waals surface area (Å²) in [4.78, 5) is 21.2. The Labute approximate surface area is 200 Å². The lowest BCUT2D eigenvalue weighted by molar-refractivity contribution is -0.274. The van der Waals surface area contributed by atoms with E-state index in [9.17, 15) is 18.0 Å². The Morgan fingerprint density at radius 1 is 0.944 bits per heavy atom. The van der Waals surface area contributed by atoms with Crippen LogP contribution in [0.3, 0.4) is 0 Å². The topological polar surface area (TPSA) is 121 Å². The monoisotopic (exact) mass is 495 g/mol. The summed E-state index contributed by atoms with van der Waals surface area (Å²) in [6, 6.07) is 12.2. The van der Waals surface area contributed by atoms with Gasteiger partial charge in [-0.15, -0.1) is 18.3 Å². The first-order valence-corrected chi connectivity index (χ1v) is 10.5. The van der Waals surface area contributed by atoms with Gasteiger partial charge in [0.2, 0.25) is 0 Å². The van der Waals surface area contributed by atoms with Crippen molar-refractivity contribution in [2.75, 3.05) is 6.61 Å². The van der Waals surface area contributed by atoms with Crippen LogP contribution in [0.2, 0.25) is 0 Å². The molecule has 0 saturated carbocycles. The molecule has 1 N–H and O–H groups in total. The van der Waals surface area contributed by atoms with Crippen molar-refractivity contribution in [3.63, 3.8) is 0 Å². The van der Waals surface area contributed by atoms with Gasteiger partial charge in [0.05, 0.1) is 17.6 Å². The van der Waals surface area contributed by atoms with Gasteiger partial charge in [-0.3, -0.25) is 9.89 Å². The van der Waals surface area contributed by atoms with Crippen LogP contribution >= 0.6 is 0 Å². The molecule has 0 aliphatic heterocycles. The summed E-state index contributed by atoms with van der Waals surface area (Å²) in [5, 5.41) is 15.0. The maximum atomic E-state index is 13.0. The van der Waals surface area contributed by atoms with Crippen molar-refractivity contribution in [3.8, 4) is 34.1 Å². The molecule has 0 aliphatic rings. The molecular formula is C23H16F3N7O3. The summed E-state index contributed by atoms with van der Waals surface area (Å²) in [7, 11) is 0. The minimum atomic E-state index is -4.77. The predicted octanol–water partition coefficient (Wildman–Crippen LogP) is 3.62. The van der Waals surface area contributed by atoms with Crippen molar-refractivity contribution in [3.05, 3.63) is 77.5 Å². The summed E-state index contributed by atoms with van der Waals surface area (Å²) in [6.45, 7) is 0.172. The largest absolute Gasteiger partial charge is 0.573 e. The molecule has 0 radical (unpaired) electrons. The summed E-state index contributed by atoms with van der Waals surface area (Å²) < 4.78 is 47.7. The fraction of sp³-hybridized carbons (Fsp3) is 0.130. The second kappa shape index (κ2) is 9.44. The molecule has 3 aromatic heterocycles. The third kappa shape index (κ3) is 5.14. The summed E-state index contributed by atoms with van der Waals surface area (Å²) in [5.74, 6) is -0.333. The Morgan fingerprint density at radius 3 is 2.39 bits per heavy atom. The van der Waals surface area contributed by atoms with Crippen molar-refractivity contribution in [2.45, 2.75) is 12.9 Å². The van der Waals surface area contributed by atoms with Crippen molar-refractivity contribution in [2.24, 2.45) is 0 Å². The fourth-order valence-electron chi connectivity index (χ4n) is 3.42. The number of hydrogen-bond donors (Lipinski definition) is 1. The van der Waals surface area contributed by atoms with Gasteiger partial charge in [-0.2, -0.15) is 5.10 Å². The highest BCUT2D eigenvalue weighted by Crippen LogP contribution is 2.27. The van der Waals surface area contributed by atoms with Crippen LogP contribution in [0.1, 0.15) is 0 Å². The number of benzene rings is 2. The molecule has 13 heteroatoms. The Kier molecular flexibility index (Phi) is 6.02. The summed E-state index contributed by atoms with van der Waals surface area (Å²) in [6.07, 6.45) is 0.0181. The van der Waals surface area contributed by atoms with E-state index < -0.39 is 11.9 Å². The van der Waals surface area contributed by atoms with E-state index in [0.717, 1.165) is 15.9 Å². The van der Waals surface area contributed by atoms with Crippen LogP contribution in [-0.2, 0) is 6.54 Å². The lowest BCUT2D eigenvalue weighted by atomic mass is 10.0. The Morgan fingerprint density at radius 2 is 1.69 bits per heavy atom. The van der Waals surface area contributed by atoms with Crippen molar-refractivity contribution < 1.29 is 22.6 Å². The first-order valence-electron chi connectivity index (χ1n) is 10.5. The summed E-state index contributed by atoms with van der Waals surface area (Å²) in [5.41, 5.74) is 2.74. The third-order valence-electron chi connectivity index (χ3n) is 5.12. The van der Waals surface area contributed by atoms with Gasteiger partial charge in [-0.05, 0) is 41.5 Å². The van der Waals surface area contributed by atoms with Crippen molar-refractivity contribution in [1.82, 2.24) is 35.2 Å². The Balaban J connectivity index is 1.29. The Hall–Kier alpha value is -4.81. The van der Waals surface area contributed by atoms with Crippen molar-refractivity contribution in [1.29, 1.82) is 0 Å². The van der Waals surface area contributed by atoms with Crippen LogP contribution in [0.15, 0.2) is 71.9 Å². The molecule has 182 valence electrons. The molecular weight excluding hydrogens is 479 g/mol. The fourth-order valence-corrected chi connectivity index (χ4v) is 3.42. The highest BCUT2D eigenvalue weighted by molar-refractivity contribution is 5.83. The molecule has 0 aliphatic carbocycles. The number of alkyl halides is 3. The number of ether oxygens (including phenoxy) is 2. The lowest BCUT2D eigenvalue weighted by Crippen LogP contribution is -2.27. The number of hydrogen-bond acceptors (Lipinski definition) is 8. The molecule has 0 saturated heterocycles. The number of aromatic amines is 1. The van der Waals surface area contributed by atoms with Gasteiger partial charge >= 0.3 is 12.4 Å². The van der Waals surface area contributed by atoms with Crippen LogP contribution in [0.5, 0.6) is 11.8 Å². The van der Waals surface area contributed by atoms with Gasteiger partial charge < -0.3 is 9.47 Å². The van der Waals surface area contributed by atoms with Crippen LogP contribution in [0, 0.1) is 0 Å². The second-order valence-corrected chi connectivity index (χ2v) is 7.49. The van der Waals surface area contributed by atoms with E-state index in [-0.39, 0.29) is 24.9 Å². The number of nitrogens with zero attached hydrogens (tertiary/aromatic N) is 6. The molecule has 0 bridgehead atoms. The first kappa shape index (κ1) is 23.0. The van der Waals surface area contributed by atoms with E-state index in [2.05, 4.69) is 35.2 Å². The van der Waals surface area contributed by atoms with Gasteiger partial charge in [0, 0.05) is 24.2 Å². The first-order chi connectivity index (χ1) is 17.4. The van der Waals surface area contributed by atoms with Gasteiger partial charge in [-0.1, -0.05) is 23.4 Å². The third-order valence-corrected chi connectivity index (χ3v) is 5.12. The SMILES string of the molecule is O=c1c2cc(-c3ccc(OC(F)(F)F)cc3)ccc2nnn1CCOc1ncc(-c2ccn[nH]2)cn1. The average Bonchev–Trinajstić information content (AvgIpc) is 3.40. The number of nitrogens with one attached hydrogen (secondary N) is 1. The Bertz CT molecular complexity index is 1540. The van der Waals surface area contributed by atoms with E-state index >= 15 is 0 Å². The molecule has 0 unspecified atom stereocenters. The lowest BCUT2D eigenvalue weighted by Gasteiger charge is -2.10. The second-order valence-electron chi connectivity index (χ2n) is 7.49. The molecule has 0 fully saturated rings. The van der Waals surface area contributed by atoms with E-state index in [0.29, 0.717) is 22.0 Å². The van der Waals surface area contributed by atoms with E-state index in [1.807, 2.05) is 0 Å². The zero-order valence-electron chi connectivity index (χ0n) is 18.3. The van der Waals surface area contributed by atoms with Crippen LogP contribution in [0.25, 0.3) is 33.3 Å². The highest BCUT2D eigenvalue weighted by Gasteiger charge is 2.31. The molecule has 36 heavy (non-hydrogen) atoms. The molecule has 10 nitrogen and oxygen atoms in total. The normalized spacial score (nSPS) is 11.5. The standard InChI is InChI=1S/C23H16F3N7O3/c24-23(25,26)36-17-4-1-14(2-5-17)15-3-6-20-18(11-15)21(34)33(32-31-20)9-10-35-22-27-12-16(13-28-22)19-7-8-29-30-19/h1-8,11-13H,9-10H2,(H,29,30). The van der Waals surface area contributed by atoms with Crippen LogP contribution < -0.4 is 15.0 Å². The highest BCUT2D eigenvalue weighted by atomic mass is 19.4. The van der Waals surface area contributed by atoms with Crippen LogP contribution in [0.4, 0.5) is 13.2 Å². The van der Waals surface area contributed by atoms with E-state index in [1.54, 1.807) is 42.9 Å². The maximum absolute atomic E-state index is 13.0. The van der Waals surface area contributed by atoms with Crippen molar-refractivity contribution >= 4 is 10.9 Å². The summed E-state index contributed by atoms with van der Waals surface area (Å²) >= 11 is 0. The van der Waals surface area contributed by atoms with Gasteiger partial charge in [0.25, 0.3) is 5.56 Å². The molecule has 0 atom stereocenters. The molecule has 0 amide bonds. The van der Waals surface area contributed by atoms with Gasteiger partial charge in [0.15, 0.2) is 0 Å². The minimum absolute atomic E-state index is 0.0733.